The van der Waals surface area contributed by atoms with Gasteiger partial charge in [-0.15, -0.1) is 0 Å². The van der Waals surface area contributed by atoms with Crippen molar-refractivity contribution in [1.82, 2.24) is 4.90 Å². The summed E-state index contributed by atoms with van der Waals surface area (Å²) in [4.78, 5) is 2.44. The molecule has 3 aromatic rings. The summed E-state index contributed by atoms with van der Waals surface area (Å²) in [5.41, 5.74) is 2.87. The SMILES string of the molecule is COc1cccc(CN2CCC(N(c3ccc(C)cc3)S(=O)(=O)c3ccc(F)cc3)CC2)c1. The van der Waals surface area contributed by atoms with Crippen molar-refractivity contribution < 1.29 is 17.5 Å². The van der Waals surface area contributed by atoms with Gasteiger partial charge in [0.2, 0.25) is 0 Å². The third-order valence-corrected chi connectivity index (χ3v) is 7.98. The molecule has 0 aromatic heterocycles. The molecule has 0 saturated carbocycles. The Morgan fingerprint density at radius 3 is 2.30 bits per heavy atom. The predicted octanol–water partition coefficient (Wildman–Crippen LogP) is 5.00. The van der Waals surface area contributed by atoms with Gasteiger partial charge in [0.25, 0.3) is 10.0 Å². The van der Waals surface area contributed by atoms with E-state index in [4.69, 9.17) is 4.74 Å². The van der Waals surface area contributed by atoms with Crippen LogP contribution >= 0.6 is 0 Å². The summed E-state index contributed by atoms with van der Waals surface area (Å²) >= 11 is 0. The number of piperidine rings is 1. The summed E-state index contributed by atoms with van der Waals surface area (Å²) in [6.07, 6.45) is 1.41. The van der Waals surface area contributed by atoms with Gasteiger partial charge in [-0.3, -0.25) is 9.21 Å². The van der Waals surface area contributed by atoms with Gasteiger partial charge in [-0.2, -0.15) is 0 Å². The maximum Gasteiger partial charge on any atom is 0.264 e. The quantitative estimate of drug-likeness (QED) is 0.490. The van der Waals surface area contributed by atoms with Crippen molar-refractivity contribution in [3.63, 3.8) is 0 Å². The molecule has 1 saturated heterocycles. The zero-order valence-electron chi connectivity index (χ0n) is 18.9. The van der Waals surface area contributed by atoms with E-state index in [1.165, 1.54) is 34.1 Å². The third kappa shape index (κ3) is 5.37. The average molecular weight is 469 g/mol. The number of sulfonamides is 1. The molecule has 0 atom stereocenters. The van der Waals surface area contributed by atoms with E-state index < -0.39 is 15.8 Å². The van der Waals surface area contributed by atoms with Crippen LogP contribution in [0.4, 0.5) is 10.1 Å². The maximum absolute atomic E-state index is 13.6. The predicted molar refractivity (Wildman–Crippen MR) is 129 cm³/mol. The molecular weight excluding hydrogens is 439 g/mol. The van der Waals surface area contributed by atoms with E-state index in [9.17, 15) is 12.8 Å². The molecule has 0 bridgehead atoms. The fourth-order valence-electron chi connectivity index (χ4n) is 4.30. The summed E-state index contributed by atoms with van der Waals surface area (Å²) in [7, 11) is -2.18. The number of anilines is 1. The van der Waals surface area contributed by atoms with Gasteiger partial charge >= 0.3 is 0 Å². The van der Waals surface area contributed by atoms with Gasteiger partial charge in [0, 0.05) is 25.7 Å². The van der Waals surface area contributed by atoms with Crippen molar-refractivity contribution in [3.05, 3.63) is 89.7 Å². The Labute approximate surface area is 195 Å². The first-order valence-electron chi connectivity index (χ1n) is 11.1. The number of likely N-dealkylation sites (tertiary alicyclic amines) is 1. The molecule has 1 aliphatic heterocycles. The smallest absolute Gasteiger partial charge is 0.264 e. The topological polar surface area (TPSA) is 49.9 Å². The molecule has 0 radical (unpaired) electrons. The van der Waals surface area contributed by atoms with Gasteiger partial charge < -0.3 is 4.74 Å². The van der Waals surface area contributed by atoms with Crippen LogP contribution in [0.2, 0.25) is 0 Å². The Balaban J connectivity index is 1.55. The molecular formula is C26H29FN2O3S. The third-order valence-electron chi connectivity index (χ3n) is 6.09. The molecule has 3 aromatic carbocycles. The number of methoxy groups -OCH3 is 1. The Morgan fingerprint density at radius 1 is 1.00 bits per heavy atom. The van der Waals surface area contributed by atoms with E-state index in [0.717, 1.165) is 30.9 Å². The summed E-state index contributed by atoms with van der Waals surface area (Å²) in [6.45, 7) is 4.32. The number of aryl methyl sites for hydroxylation is 1. The van der Waals surface area contributed by atoms with Crippen molar-refractivity contribution in [3.8, 4) is 5.75 Å². The fraction of sp³-hybridized carbons (Fsp3) is 0.308. The van der Waals surface area contributed by atoms with Gasteiger partial charge in [-0.25, -0.2) is 12.8 Å². The van der Waals surface area contributed by atoms with Crippen LogP contribution in [-0.2, 0) is 16.6 Å². The lowest BCUT2D eigenvalue weighted by molar-refractivity contribution is 0.206. The monoisotopic (exact) mass is 468 g/mol. The molecule has 1 fully saturated rings. The molecule has 4 rings (SSSR count). The molecule has 0 N–H and O–H groups in total. The number of hydrogen-bond donors (Lipinski definition) is 0. The summed E-state index contributed by atoms with van der Waals surface area (Å²) in [5.74, 6) is 0.375. The van der Waals surface area contributed by atoms with Crippen molar-refractivity contribution in [1.29, 1.82) is 0 Å². The number of rotatable bonds is 7. The van der Waals surface area contributed by atoms with Crippen LogP contribution in [0, 0.1) is 12.7 Å². The summed E-state index contributed by atoms with van der Waals surface area (Å²) in [5, 5.41) is 0. The number of benzene rings is 3. The van der Waals surface area contributed by atoms with Crippen molar-refractivity contribution in [2.24, 2.45) is 0 Å². The summed E-state index contributed by atoms with van der Waals surface area (Å²) < 4.78 is 47.6. The number of hydrogen-bond acceptors (Lipinski definition) is 4. The highest BCUT2D eigenvalue weighted by molar-refractivity contribution is 7.92. The Morgan fingerprint density at radius 2 is 1.67 bits per heavy atom. The standard InChI is InChI=1S/C26H29FN2O3S/c1-20-6-10-23(11-7-20)29(33(30,31)26-12-8-22(27)9-13-26)24-14-16-28(17-15-24)19-21-4-3-5-25(18-21)32-2/h3-13,18,24H,14-17,19H2,1-2H3. The highest BCUT2D eigenvalue weighted by Gasteiger charge is 2.34. The van der Waals surface area contributed by atoms with Gasteiger partial charge in [0.1, 0.15) is 11.6 Å². The molecule has 0 aliphatic carbocycles. The second-order valence-electron chi connectivity index (χ2n) is 8.45. The fourth-order valence-corrected chi connectivity index (χ4v) is 6.01. The van der Waals surface area contributed by atoms with Crippen LogP contribution in [0.15, 0.2) is 77.7 Å². The van der Waals surface area contributed by atoms with E-state index in [2.05, 4.69) is 11.0 Å². The first-order chi connectivity index (χ1) is 15.9. The van der Waals surface area contributed by atoms with Crippen LogP contribution in [0.25, 0.3) is 0 Å². The lowest BCUT2D eigenvalue weighted by Gasteiger charge is -2.39. The lowest BCUT2D eigenvalue weighted by atomic mass is 10.0. The molecule has 7 heteroatoms. The molecule has 1 heterocycles. The van der Waals surface area contributed by atoms with Crippen molar-refractivity contribution in [2.45, 2.75) is 37.2 Å². The summed E-state index contributed by atoms with van der Waals surface area (Å²) in [6, 6.07) is 20.4. The van der Waals surface area contributed by atoms with Crippen LogP contribution in [0.5, 0.6) is 5.75 Å². The van der Waals surface area contributed by atoms with E-state index in [0.29, 0.717) is 18.5 Å². The zero-order chi connectivity index (χ0) is 23.4. The first kappa shape index (κ1) is 23.3. The highest BCUT2D eigenvalue weighted by Crippen LogP contribution is 2.31. The van der Waals surface area contributed by atoms with Crippen molar-refractivity contribution in [2.75, 3.05) is 24.5 Å². The van der Waals surface area contributed by atoms with Gasteiger partial charge in [-0.05, 0) is 73.9 Å². The minimum absolute atomic E-state index is 0.100. The minimum atomic E-state index is -3.84. The van der Waals surface area contributed by atoms with E-state index in [1.54, 1.807) is 7.11 Å². The van der Waals surface area contributed by atoms with Gasteiger partial charge in [-0.1, -0.05) is 29.8 Å². The minimum Gasteiger partial charge on any atom is -0.497 e. The van der Waals surface area contributed by atoms with E-state index in [-0.39, 0.29) is 10.9 Å². The molecule has 1 aliphatic rings. The molecule has 0 spiro atoms. The zero-order valence-corrected chi connectivity index (χ0v) is 19.8. The van der Waals surface area contributed by atoms with Crippen molar-refractivity contribution >= 4 is 15.7 Å². The number of nitrogens with zero attached hydrogens (tertiary/aromatic N) is 2. The normalized spacial score (nSPS) is 15.4. The largest absolute Gasteiger partial charge is 0.497 e. The first-order valence-corrected chi connectivity index (χ1v) is 12.5. The van der Waals surface area contributed by atoms with E-state index >= 15 is 0 Å². The number of ether oxygens (including phenoxy) is 1. The van der Waals surface area contributed by atoms with Gasteiger partial charge in [0.05, 0.1) is 17.7 Å². The molecule has 0 unspecified atom stereocenters. The lowest BCUT2D eigenvalue weighted by Crippen LogP contribution is -2.47. The average Bonchev–Trinajstić information content (AvgIpc) is 2.82. The highest BCUT2D eigenvalue weighted by atomic mass is 32.2. The second-order valence-corrected chi connectivity index (χ2v) is 10.3. The maximum atomic E-state index is 13.6. The molecule has 5 nitrogen and oxygen atoms in total. The van der Waals surface area contributed by atoms with Crippen LogP contribution in [-0.4, -0.2) is 39.6 Å². The Kier molecular flexibility index (Phi) is 7.00. The van der Waals surface area contributed by atoms with Crippen LogP contribution < -0.4 is 9.04 Å². The molecule has 33 heavy (non-hydrogen) atoms. The molecule has 174 valence electrons. The Hall–Kier alpha value is -2.90. The van der Waals surface area contributed by atoms with Crippen LogP contribution in [0.3, 0.4) is 0 Å². The van der Waals surface area contributed by atoms with Crippen LogP contribution in [0.1, 0.15) is 24.0 Å². The Bertz CT molecular complexity index is 1170. The number of halogens is 1. The molecule has 0 amide bonds. The van der Waals surface area contributed by atoms with Gasteiger partial charge in [0.15, 0.2) is 0 Å². The second kappa shape index (κ2) is 9.93. The van der Waals surface area contributed by atoms with E-state index in [1.807, 2.05) is 49.4 Å².